The van der Waals surface area contributed by atoms with Crippen LogP contribution in [0.4, 0.5) is 5.69 Å². The van der Waals surface area contributed by atoms with Gasteiger partial charge >= 0.3 is 0 Å². The minimum absolute atomic E-state index is 0.0204. The number of hydrogen-bond acceptors (Lipinski definition) is 3. The average molecular weight is 404 g/mol. The molecule has 1 amide bonds. The van der Waals surface area contributed by atoms with Crippen LogP contribution in [0.2, 0.25) is 0 Å². The highest BCUT2D eigenvalue weighted by atomic mass is 16.6. The number of hydrogen-bond donors (Lipinski definition) is 2. The SMILES string of the molecule is C[C@@H](C(=O)Nc1ccccc1-c1ccccc1)[NH+](C)C[C@@H]1COc2ccccc2O1. The number of benzene rings is 3. The van der Waals surface area contributed by atoms with E-state index in [0.29, 0.717) is 13.2 Å². The van der Waals surface area contributed by atoms with Crippen molar-refractivity contribution in [1.82, 2.24) is 0 Å². The van der Waals surface area contributed by atoms with E-state index in [-0.39, 0.29) is 18.1 Å². The monoisotopic (exact) mass is 403 g/mol. The summed E-state index contributed by atoms with van der Waals surface area (Å²) >= 11 is 0. The van der Waals surface area contributed by atoms with Gasteiger partial charge in [-0.1, -0.05) is 60.7 Å². The molecule has 0 bridgehead atoms. The zero-order valence-electron chi connectivity index (χ0n) is 17.3. The van der Waals surface area contributed by atoms with E-state index in [2.05, 4.69) is 5.32 Å². The van der Waals surface area contributed by atoms with Gasteiger partial charge in [-0.05, 0) is 30.7 Å². The molecule has 5 nitrogen and oxygen atoms in total. The van der Waals surface area contributed by atoms with Gasteiger partial charge in [0.25, 0.3) is 5.91 Å². The number of nitrogens with one attached hydrogen (secondary N) is 2. The molecular formula is C25H27N2O3+. The minimum atomic E-state index is -0.241. The zero-order chi connectivity index (χ0) is 20.9. The predicted molar refractivity (Wildman–Crippen MR) is 118 cm³/mol. The third kappa shape index (κ3) is 4.47. The van der Waals surface area contributed by atoms with Crippen LogP contribution in [0.5, 0.6) is 11.5 Å². The number of amides is 1. The number of carbonyl (C=O) groups is 1. The van der Waals surface area contributed by atoms with Gasteiger partial charge in [0.2, 0.25) is 0 Å². The van der Waals surface area contributed by atoms with Gasteiger partial charge in [0.05, 0.1) is 7.05 Å². The molecule has 5 heteroatoms. The second-order valence-corrected chi connectivity index (χ2v) is 7.67. The average Bonchev–Trinajstić information content (AvgIpc) is 2.79. The molecule has 3 atom stereocenters. The van der Waals surface area contributed by atoms with Gasteiger partial charge in [-0.2, -0.15) is 0 Å². The van der Waals surface area contributed by atoms with Crippen molar-refractivity contribution in [1.29, 1.82) is 0 Å². The van der Waals surface area contributed by atoms with Crippen LogP contribution in [0, 0.1) is 0 Å². The Kier molecular flexibility index (Phi) is 6.00. The van der Waals surface area contributed by atoms with Gasteiger partial charge in [0.15, 0.2) is 23.6 Å². The molecule has 0 saturated carbocycles. The first-order valence-corrected chi connectivity index (χ1v) is 10.3. The van der Waals surface area contributed by atoms with Crippen LogP contribution in [0.25, 0.3) is 11.1 Å². The molecule has 30 heavy (non-hydrogen) atoms. The fourth-order valence-corrected chi connectivity index (χ4v) is 3.63. The highest BCUT2D eigenvalue weighted by Crippen LogP contribution is 2.30. The topological polar surface area (TPSA) is 52.0 Å². The van der Waals surface area contributed by atoms with Crippen LogP contribution in [0.3, 0.4) is 0 Å². The fourth-order valence-electron chi connectivity index (χ4n) is 3.63. The summed E-state index contributed by atoms with van der Waals surface area (Å²) in [4.78, 5) is 14.0. The van der Waals surface area contributed by atoms with Crippen LogP contribution >= 0.6 is 0 Å². The summed E-state index contributed by atoms with van der Waals surface area (Å²) in [7, 11) is 2.01. The van der Waals surface area contributed by atoms with Crippen molar-refractivity contribution in [3.63, 3.8) is 0 Å². The number of ether oxygens (including phenoxy) is 2. The summed E-state index contributed by atoms with van der Waals surface area (Å²) in [5, 5.41) is 3.11. The molecule has 1 heterocycles. The first kappa shape index (κ1) is 20.0. The molecule has 3 aromatic rings. The highest BCUT2D eigenvalue weighted by molar-refractivity contribution is 5.97. The van der Waals surface area contributed by atoms with Gasteiger partial charge in [0.1, 0.15) is 13.2 Å². The Balaban J connectivity index is 1.40. The molecule has 0 fully saturated rings. The molecule has 1 aliphatic heterocycles. The number of quaternary nitrogens is 1. The summed E-state index contributed by atoms with van der Waals surface area (Å²) in [5.74, 6) is 1.51. The van der Waals surface area contributed by atoms with Crippen molar-refractivity contribution in [2.45, 2.75) is 19.1 Å². The highest BCUT2D eigenvalue weighted by Gasteiger charge is 2.29. The molecule has 0 aromatic heterocycles. The number of fused-ring (bicyclic) bond motifs is 1. The summed E-state index contributed by atoms with van der Waals surface area (Å²) in [6.07, 6.45) is -0.0910. The molecular weight excluding hydrogens is 376 g/mol. The Morgan fingerprint density at radius 1 is 1.00 bits per heavy atom. The number of para-hydroxylation sites is 3. The lowest BCUT2D eigenvalue weighted by atomic mass is 10.0. The van der Waals surface area contributed by atoms with E-state index in [1.54, 1.807) is 0 Å². The number of rotatable bonds is 6. The molecule has 0 spiro atoms. The minimum Gasteiger partial charge on any atom is -0.486 e. The molecule has 0 saturated heterocycles. The fraction of sp³-hybridized carbons (Fsp3) is 0.240. The summed E-state index contributed by atoms with van der Waals surface area (Å²) in [6, 6.07) is 25.4. The number of carbonyl (C=O) groups excluding carboxylic acids is 1. The van der Waals surface area contributed by atoms with Crippen molar-refractivity contribution in [2.75, 3.05) is 25.5 Å². The Hall–Kier alpha value is -3.31. The van der Waals surface area contributed by atoms with E-state index in [1.165, 1.54) is 0 Å². The number of likely N-dealkylation sites (N-methyl/N-ethyl adjacent to an activating group) is 1. The van der Waals surface area contributed by atoms with Gasteiger partial charge < -0.3 is 19.7 Å². The van der Waals surface area contributed by atoms with Crippen LogP contribution in [0.15, 0.2) is 78.9 Å². The lowest BCUT2D eigenvalue weighted by molar-refractivity contribution is -0.896. The summed E-state index contributed by atoms with van der Waals surface area (Å²) in [6.45, 7) is 3.09. The van der Waals surface area contributed by atoms with Gasteiger partial charge in [0, 0.05) is 11.3 Å². The maximum absolute atomic E-state index is 13.0. The van der Waals surface area contributed by atoms with Crippen LogP contribution < -0.4 is 19.7 Å². The molecule has 2 N–H and O–H groups in total. The van der Waals surface area contributed by atoms with E-state index in [1.807, 2.05) is 92.8 Å². The van der Waals surface area contributed by atoms with Gasteiger partial charge in [-0.15, -0.1) is 0 Å². The molecule has 154 valence electrons. The predicted octanol–water partition coefficient (Wildman–Crippen LogP) is 3.04. The zero-order valence-corrected chi connectivity index (χ0v) is 17.3. The second-order valence-electron chi connectivity index (χ2n) is 7.67. The van der Waals surface area contributed by atoms with Gasteiger partial charge in [-0.25, -0.2) is 0 Å². The van der Waals surface area contributed by atoms with Crippen molar-refractivity contribution in [3.05, 3.63) is 78.9 Å². The first-order valence-electron chi connectivity index (χ1n) is 10.3. The standard InChI is InChI=1S/C25H26N2O3/c1-18(27(2)16-20-17-29-23-14-8-9-15-24(23)30-20)25(28)26-22-13-7-6-12-21(22)19-10-4-3-5-11-19/h3-15,18,20H,16-17H2,1-2H3,(H,26,28)/p+1/t18-,20+/m0/s1. The molecule has 3 aromatic carbocycles. The van der Waals surface area contributed by atoms with E-state index in [0.717, 1.165) is 33.2 Å². The Morgan fingerprint density at radius 2 is 1.67 bits per heavy atom. The molecule has 1 aliphatic rings. The smallest absolute Gasteiger partial charge is 0.282 e. The van der Waals surface area contributed by atoms with E-state index in [9.17, 15) is 4.79 Å². The van der Waals surface area contributed by atoms with E-state index >= 15 is 0 Å². The van der Waals surface area contributed by atoms with Gasteiger partial charge in [-0.3, -0.25) is 4.79 Å². The van der Waals surface area contributed by atoms with Crippen LogP contribution in [-0.2, 0) is 4.79 Å². The maximum atomic E-state index is 13.0. The van der Waals surface area contributed by atoms with Crippen molar-refractivity contribution in [3.8, 4) is 22.6 Å². The molecule has 1 unspecified atom stereocenters. The quantitative estimate of drug-likeness (QED) is 0.665. The maximum Gasteiger partial charge on any atom is 0.282 e. The summed E-state index contributed by atoms with van der Waals surface area (Å²) < 4.78 is 11.8. The second kappa shape index (κ2) is 9.01. The Bertz CT molecular complexity index is 1010. The molecule has 4 rings (SSSR count). The lowest BCUT2D eigenvalue weighted by Gasteiger charge is -2.29. The molecule has 0 aliphatic carbocycles. The molecule has 0 radical (unpaired) electrons. The Morgan fingerprint density at radius 3 is 2.47 bits per heavy atom. The van der Waals surface area contributed by atoms with Crippen LogP contribution in [-0.4, -0.2) is 38.3 Å². The largest absolute Gasteiger partial charge is 0.486 e. The summed E-state index contributed by atoms with van der Waals surface area (Å²) in [5.41, 5.74) is 2.91. The van der Waals surface area contributed by atoms with Crippen molar-refractivity contribution >= 4 is 11.6 Å². The van der Waals surface area contributed by atoms with E-state index in [4.69, 9.17) is 9.47 Å². The third-order valence-corrected chi connectivity index (χ3v) is 5.52. The normalized spacial score (nSPS) is 17.1. The number of anilines is 1. The lowest BCUT2D eigenvalue weighted by Crippen LogP contribution is -3.15. The van der Waals surface area contributed by atoms with Crippen LogP contribution in [0.1, 0.15) is 6.92 Å². The first-order chi connectivity index (χ1) is 14.6. The third-order valence-electron chi connectivity index (χ3n) is 5.52. The van der Waals surface area contributed by atoms with Crippen molar-refractivity contribution < 1.29 is 19.2 Å². The van der Waals surface area contributed by atoms with Crippen molar-refractivity contribution in [2.24, 2.45) is 0 Å². The van der Waals surface area contributed by atoms with E-state index < -0.39 is 0 Å². The Labute approximate surface area is 177 Å².